The SMILES string of the molecule is CCOc1cc(/C(O)=C2/C(=O)C(=O)N(CCc3ccc(F)cc3)C2c2ccco2)ccc1Cl. The van der Waals surface area contributed by atoms with E-state index in [4.69, 9.17) is 20.8 Å². The molecule has 4 rings (SSSR count). The van der Waals surface area contributed by atoms with Crippen molar-refractivity contribution in [2.45, 2.75) is 19.4 Å². The maximum Gasteiger partial charge on any atom is 0.295 e. The molecule has 1 amide bonds. The fourth-order valence-corrected chi connectivity index (χ4v) is 4.00. The minimum absolute atomic E-state index is 0.0844. The van der Waals surface area contributed by atoms with Crippen LogP contribution in [0.2, 0.25) is 5.02 Å². The molecule has 1 atom stereocenters. The summed E-state index contributed by atoms with van der Waals surface area (Å²) in [5.74, 6) is -1.59. The Balaban J connectivity index is 1.73. The van der Waals surface area contributed by atoms with Gasteiger partial charge in [0.15, 0.2) is 0 Å². The molecule has 1 saturated heterocycles. The smallest absolute Gasteiger partial charge is 0.295 e. The van der Waals surface area contributed by atoms with Gasteiger partial charge in [-0.2, -0.15) is 0 Å². The van der Waals surface area contributed by atoms with Crippen molar-refractivity contribution in [2.75, 3.05) is 13.2 Å². The van der Waals surface area contributed by atoms with Crippen LogP contribution in [0, 0.1) is 5.82 Å². The van der Waals surface area contributed by atoms with Crippen molar-refractivity contribution < 1.29 is 28.2 Å². The molecule has 6 nitrogen and oxygen atoms in total. The Kier molecular flexibility index (Phi) is 6.51. The number of nitrogens with zero attached hydrogens (tertiary/aromatic N) is 1. The van der Waals surface area contributed by atoms with Crippen molar-refractivity contribution >= 4 is 29.1 Å². The number of Topliss-reactive ketones (excluding diaryl/α,β-unsaturated/α-hetero) is 1. The lowest BCUT2D eigenvalue weighted by Gasteiger charge is -2.23. The molecule has 1 aromatic heterocycles. The highest BCUT2D eigenvalue weighted by molar-refractivity contribution is 6.46. The number of carbonyl (C=O) groups excluding carboxylic acids is 2. The van der Waals surface area contributed by atoms with E-state index < -0.39 is 17.7 Å². The molecule has 1 unspecified atom stereocenters. The normalized spacial score (nSPS) is 17.5. The van der Waals surface area contributed by atoms with Crippen LogP contribution in [0.5, 0.6) is 5.75 Å². The zero-order valence-electron chi connectivity index (χ0n) is 17.8. The third-order valence-corrected chi connectivity index (χ3v) is 5.72. The van der Waals surface area contributed by atoms with Gasteiger partial charge in [0.25, 0.3) is 11.7 Å². The summed E-state index contributed by atoms with van der Waals surface area (Å²) in [6, 6.07) is 12.9. The minimum Gasteiger partial charge on any atom is -0.507 e. The van der Waals surface area contributed by atoms with Crippen LogP contribution in [0.4, 0.5) is 4.39 Å². The third-order valence-electron chi connectivity index (χ3n) is 5.41. The number of ketones is 1. The van der Waals surface area contributed by atoms with E-state index in [1.807, 2.05) is 0 Å². The molecule has 0 saturated carbocycles. The number of benzene rings is 2. The van der Waals surface area contributed by atoms with Gasteiger partial charge < -0.3 is 19.2 Å². The standard InChI is InChI=1S/C25H21ClFNO5/c1-2-32-20-14-16(7-10-18(20)26)23(29)21-22(19-4-3-13-33-19)28(25(31)24(21)30)12-11-15-5-8-17(27)9-6-15/h3-10,13-14,22,29H,2,11-12H2,1H3/b23-21-. The molecule has 170 valence electrons. The summed E-state index contributed by atoms with van der Waals surface area (Å²) in [6.45, 7) is 2.33. The first-order chi connectivity index (χ1) is 15.9. The van der Waals surface area contributed by atoms with Gasteiger partial charge in [0.1, 0.15) is 29.1 Å². The number of rotatable bonds is 7. The monoisotopic (exact) mass is 469 g/mol. The number of furan rings is 1. The summed E-state index contributed by atoms with van der Waals surface area (Å²) < 4.78 is 24.2. The summed E-state index contributed by atoms with van der Waals surface area (Å²) in [4.78, 5) is 27.3. The minimum atomic E-state index is -0.910. The lowest BCUT2D eigenvalue weighted by atomic mass is 9.99. The summed E-state index contributed by atoms with van der Waals surface area (Å²) >= 11 is 6.14. The zero-order valence-corrected chi connectivity index (χ0v) is 18.5. The number of halogens is 2. The van der Waals surface area contributed by atoms with Crippen LogP contribution in [0.3, 0.4) is 0 Å². The Bertz CT molecular complexity index is 1200. The maximum atomic E-state index is 13.2. The summed E-state index contributed by atoms with van der Waals surface area (Å²) in [7, 11) is 0. The van der Waals surface area contributed by atoms with Crippen molar-refractivity contribution in [1.29, 1.82) is 0 Å². The highest BCUT2D eigenvalue weighted by atomic mass is 35.5. The van der Waals surface area contributed by atoms with Crippen LogP contribution in [0.15, 0.2) is 70.9 Å². The number of aliphatic hydroxyl groups excluding tert-OH is 1. The molecule has 3 aromatic rings. The summed E-state index contributed by atoms with van der Waals surface area (Å²) in [5, 5.41) is 11.4. The van der Waals surface area contributed by atoms with Crippen LogP contribution in [-0.4, -0.2) is 34.8 Å². The molecule has 0 radical (unpaired) electrons. The first-order valence-corrected chi connectivity index (χ1v) is 10.8. The van der Waals surface area contributed by atoms with Crippen molar-refractivity contribution in [3.63, 3.8) is 0 Å². The van der Waals surface area contributed by atoms with Crippen LogP contribution in [-0.2, 0) is 16.0 Å². The molecule has 1 fully saturated rings. The number of ether oxygens (including phenoxy) is 1. The van der Waals surface area contributed by atoms with Crippen LogP contribution >= 0.6 is 11.6 Å². The van der Waals surface area contributed by atoms with Gasteiger partial charge in [-0.15, -0.1) is 0 Å². The average molecular weight is 470 g/mol. The number of amides is 1. The largest absolute Gasteiger partial charge is 0.507 e. The number of hydrogen-bond acceptors (Lipinski definition) is 5. The van der Waals surface area contributed by atoms with E-state index in [0.717, 1.165) is 5.56 Å². The zero-order chi connectivity index (χ0) is 23.5. The average Bonchev–Trinajstić information content (AvgIpc) is 3.42. The second kappa shape index (κ2) is 9.50. The van der Waals surface area contributed by atoms with E-state index in [1.165, 1.54) is 29.4 Å². The first-order valence-electron chi connectivity index (χ1n) is 10.4. The lowest BCUT2D eigenvalue weighted by molar-refractivity contribution is -0.140. The predicted molar refractivity (Wildman–Crippen MR) is 120 cm³/mol. The number of carbonyl (C=O) groups is 2. The summed E-state index contributed by atoms with van der Waals surface area (Å²) in [5.41, 5.74) is 1.00. The topological polar surface area (TPSA) is 80.0 Å². The first kappa shape index (κ1) is 22.6. The van der Waals surface area contributed by atoms with Crippen LogP contribution < -0.4 is 4.74 Å². The van der Waals surface area contributed by atoms with Crippen LogP contribution in [0.1, 0.15) is 29.9 Å². The van der Waals surface area contributed by atoms with Crippen molar-refractivity contribution in [3.05, 3.63) is 94.2 Å². The molecule has 33 heavy (non-hydrogen) atoms. The van der Waals surface area contributed by atoms with Gasteiger partial charge in [-0.1, -0.05) is 23.7 Å². The van der Waals surface area contributed by atoms with Gasteiger partial charge >= 0.3 is 0 Å². The molecule has 2 aromatic carbocycles. The quantitative estimate of drug-likeness (QED) is 0.294. The molecule has 1 aliphatic heterocycles. The Morgan fingerprint density at radius 1 is 1.18 bits per heavy atom. The van der Waals surface area contributed by atoms with Gasteiger partial charge in [-0.05, 0) is 61.4 Å². The van der Waals surface area contributed by atoms with Gasteiger partial charge in [0.05, 0.1) is 23.5 Å². The molecule has 8 heteroatoms. The molecule has 0 bridgehead atoms. The van der Waals surface area contributed by atoms with Gasteiger partial charge in [0, 0.05) is 12.1 Å². The number of hydrogen-bond donors (Lipinski definition) is 1. The van der Waals surface area contributed by atoms with E-state index in [2.05, 4.69) is 0 Å². The van der Waals surface area contributed by atoms with E-state index in [0.29, 0.717) is 29.6 Å². The van der Waals surface area contributed by atoms with E-state index in [1.54, 1.807) is 43.3 Å². The Morgan fingerprint density at radius 3 is 2.61 bits per heavy atom. The van der Waals surface area contributed by atoms with Crippen molar-refractivity contribution in [1.82, 2.24) is 4.90 Å². The van der Waals surface area contributed by atoms with Gasteiger partial charge in [-0.25, -0.2) is 4.39 Å². The van der Waals surface area contributed by atoms with E-state index in [-0.39, 0.29) is 29.3 Å². The van der Waals surface area contributed by atoms with E-state index >= 15 is 0 Å². The Labute approximate surface area is 194 Å². The Hall–Kier alpha value is -3.58. The lowest BCUT2D eigenvalue weighted by Crippen LogP contribution is -2.31. The summed E-state index contributed by atoms with van der Waals surface area (Å²) in [6.07, 6.45) is 1.82. The fourth-order valence-electron chi connectivity index (χ4n) is 3.83. The van der Waals surface area contributed by atoms with Crippen LogP contribution in [0.25, 0.3) is 5.76 Å². The van der Waals surface area contributed by atoms with E-state index in [9.17, 15) is 19.1 Å². The molecule has 0 spiro atoms. The maximum absolute atomic E-state index is 13.2. The molecule has 0 aliphatic carbocycles. The third kappa shape index (κ3) is 4.50. The second-order valence-corrected chi connectivity index (χ2v) is 7.87. The number of likely N-dealkylation sites (tertiary alicyclic amines) is 1. The highest BCUT2D eigenvalue weighted by Gasteiger charge is 2.47. The predicted octanol–water partition coefficient (Wildman–Crippen LogP) is 5.14. The molecule has 2 heterocycles. The van der Waals surface area contributed by atoms with Crippen molar-refractivity contribution in [3.8, 4) is 5.75 Å². The van der Waals surface area contributed by atoms with Gasteiger partial charge in [-0.3, -0.25) is 9.59 Å². The van der Waals surface area contributed by atoms with Gasteiger partial charge in [0.2, 0.25) is 0 Å². The van der Waals surface area contributed by atoms with Crippen molar-refractivity contribution in [2.24, 2.45) is 0 Å². The molecule has 1 N–H and O–H groups in total. The number of aliphatic hydroxyl groups is 1. The highest BCUT2D eigenvalue weighted by Crippen LogP contribution is 2.40. The second-order valence-electron chi connectivity index (χ2n) is 7.46. The molecule has 1 aliphatic rings. The molecular formula is C25H21ClFNO5. The Morgan fingerprint density at radius 2 is 1.94 bits per heavy atom. The molecular weight excluding hydrogens is 449 g/mol. The fraction of sp³-hybridized carbons (Fsp3) is 0.200.